The van der Waals surface area contributed by atoms with Crippen molar-refractivity contribution in [2.75, 3.05) is 0 Å². The summed E-state index contributed by atoms with van der Waals surface area (Å²) in [7, 11) is 0. The third kappa shape index (κ3) is 2.31. The van der Waals surface area contributed by atoms with Crippen LogP contribution in [0.15, 0.2) is 6.20 Å². The molecular weight excluding hydrogens is 272 g/mol. The lowest BCUT2D eigenvalue weighted by atomic mass is 10.0. The molecule has 0 spiro atoms. The lowest BCUT2D eigenvalue weighted by Gasteiger charge is -2.10. The number of carboxylic acids is 1. The van der Waals surface area contributed by atoms with E-state index >= 15 is 0 Å². The van der Waals surface area contributed by atoms with Gasteiger partial charge in [0, 0.05) is 17.1 Å². The number of pyridine rings is 1. The Morgan fingerprint density at radius 1 is 1.67 bits per heavy atom. The number of hydrogen-bond acceptors (Lipinski definition) is 2. The first-order valence-corrected chi connectivity index (χ1v) is 5.17. The van der Waals surface area contributed by atoms with E-state index < -0.39 is 18.1 Å². The van der Waals surface area contributed by atoms with E-state index in [1.807, 2.05) is 0 Å². The van der Waals surface area contributed by atoms with E-state index in [1.54, 1.807) is 0 Å². The number of aromatic carboxylic acids is 1. The number of carbonyl (C=O) groups is 1. The Labute approximate surface area is 93.3 Å². The van der Waals surface area contributed by atoms with Crippen molar-refractivity contribution < 1.29 is 18.7 Å². The smallest absolute Gasteiger partial charge is 0.336 e. The number of carboxylic acid groups (broad SMARTS) is 1. The van der Waals surface area contributed by atoms with Gasteiger partial charge < -0.3 is 5.11 Å². The molecule has 0 fully saturated rings. The molecule has 0 bridgehead atoms. The van der Waals surface area contributed by atoms with Gasteiger partial charge in [-0.1, -0.05) is 15.9 Å². The minimum Gasteiger partial charge on any atom is -0.478 e. The van der Waals surface area contributed by atoms with Gasteiger partial charge in [-0.3, -0.25) is 4.98 Å². The molecule has 1 aromatic heterocycles. The predicted molar refractivity (Wildman–Crippen MR) is 53.5 cm³/mol. The van der Waals surface area contributed by atoms with E-state index in [0.717, 1.165) is 6.20 Å². The van der Waals surface area contributed by atoms with E-state index in [9.17, 15) is 13.6 Å². The van der Waals surface area contributed by atoms with Crippen LogP contribution in [0.2, 0.25) is 0 Å². The molecule has 0 aliphatic carbocycles. The van der Waals surface area contributed by atoms with Crippen LogP contribution in [-0.4, -0.2) is 16.1 Å². The van der Waals surface area contributed by atoms with Crippen molar-refractivity contribution in [1.29, 1.82) is 0 Å². The molecule has 0 aliphatic heterocycles. The van der Waals surface area contributed by atoms with Gasteiger partial charge in [-0.15, -0.1) is 0 Å². The summed E-state index contributed by atoms with van der Waals surface area (Å²) in [6.45, 7) is 1.53. The Kier molecular flexibility index (Phi) is 3.73. The van der Waals surface area contributed by atoms with Crippen molar-refractivity contribution in [3.8, 4) is 0 Å². The van der Waals surface area contributed by atoms with Crippen molar-refractivity contribution in [3.05, 3.63) is 28.6 Å². The number of alkyl halides is 3. The number of aromatic nitrogens is 1. The molecule has 1 heterocycles. The average molecular weight is 280 g/mol. The molecule has 0 atom stereocenters. The van der Waals surface area contributed by atoms with Gasteiger partial charge in [-0.25, -0.2) is 13.6 Å². The van der Waals surface area contributed by atoms with E-state index in [2.05, 4.69) is 20.9 Å². The number of nitrogens with zero attached hydrogens (tertiary/aromatic N) is 1. The second-order valence-electron chi connectivity index (χ2n) is 2.92. The zero-order valence-electron chi connectivity index (χ0n) is 7.80. The Morgan fingerprint density at radius 3 is 2.67 bits per heavy atom. The third-order valence-electron chi connectivity index (χ3n) is 1.96. The van der Waals surface area contributed by atoms with Gasteiger partial charge >= 0.3 is 5.97 Å². The van der Waals surface area contributed by atoms with Crippen LogP contribution in [0, 0.1) is 6.92 Å². The molecule has 0 unspecified atom stereocenters. The van der Waals surface area contributed by atoms with Gasteiger partial charge in [0.1, 0.15) is 5.69 Å². The van der Waals surface area contributed by atoms with Crippen LogP contribution < -0.4 is 0 Å². The van der Waals surface area contributed by atoms with Crippen LogP contribution in [0.5, 0.6) is 0 Å². The zero-order valence-corrected chi connectivity index (χ0v) is 9.38. The molecule has 0 radical (unpaired) electrons. The van der Waals surface area contributed by atoms with E-state index in [-0.39, 0.29) is 16.5 Å². The largest absolute Gasteiger partial charge is 0.478 e. The summed E-state index contributed by atoms with van der Waals surface area (Å²) >= 11 is 2.99. The first-order valence-electron chi connectivity index (χ1n) is 4.04. The summed E-state index contributed by atoms with van der Waals surface area (Å²) in [4.78, 5) is 14.4. The molecule has 82 valence electrons. The lowest BCUT2D eigenvalue weighted by Crippen LogP contribution is -2.09. The van der Waals surface area contributed by atoms with Gasteiger partial charge in [0.05, 0.1) is 5.56 Å². The van der Waals surface area contributed by atoms with Gasteiger partial charge in [0.2, 0.25) is 0 Å². The highest BCUT2D eigenvalue weighted by Gasteiger charge is 2.22. The van der Waals surface area contributed by atoms with Crippen LogP contribution in [-0.2, 0) is 5.33 Å². The van der Waals surface area contributed by atoms with Crippen LogP contribution in [0.3, 0.4) is 0 Å². The Morgan fingerprint density at radius 2 is 2.27 bits per heavy atom. The molecule has 1 N–H and O–H groups in total. The molecule has 0 saturated heterocycles. The van der Waals surface area contributed by atoms with Crippen LogP contribution in [0.4, 0.5) is 8.78 Å². The second-order valence-corrected chi connectivity index (χ2v) is 3.48. The number of rotatable bonds is 3. The molecule has 6 heteroatoms. The summed E-state index contributed by atoms with van der Waals surface area (Å²) in [5.41, 5.74) is -0.161. The number of aryl methyl sites for hydroxylation is 1. The molecule has 0 aliphatic rings. The molecule has 0 amide bonds. The minimum atomic E-state index is -2.77. The SMILES string of the molecule is Cc1cnc(C(F)F)c(CBr)c1C(=O)O. The standard InChI is InChI=1S/C9H8BrF2NO2/c1-4-3-13-7(8(11)12)5(2-10)6(4)9(14)15/h3,8H,2H2,1H3,(H,14,15). The first-order chi connectivity index (χ1) is 6.99. The molecule has 0 saturated carbocycles. The first kappa shape index (κ1) is 12.0. The summed E-state index contributed by atoms with van der Waals surface area (Å²) in [6.07, 6.45) is -1.62. The fourth-order valence-electron chi connectivity index (χ4n) is 1.30. The van der Waals surface area contributed by atoms with Crippen molar-refractivity contribution in [2.45, 2.75) is 18.7 Å². The van der Waals surface area contributed by atoms with Crippen LogP contribution >= 0.6 is 15.9 Å². The Hall–Kier alpha value is -1.04. The average Bonchev–Trinajstić information content (AvgIpc) is 2.15. The maximum absolute atomic E-state index is 12.5. The van der Waals surface area contributed by atoms with E-state index in [4.69, 9.17) is 5.11 Å². The highest BCUT2D eigenvalue weighted by Crippen LogP contribution is 2.27. The van der Waals surface area contributed by atoms with Crippen molar-refractivity contribution in [1.82, 2.24) is 4.98 Å². The van der Waals surface area contributed by atoms with E-state index in [0.29, 0.717) is 5.56 Å². The van der Waals surface area contributed by atoms with Crippen molar-refractivity contribution in [3.63, 3.8) is 0 Å². The summed E-state index contributed by atoms with van der Waals surface area (Å²) in [6, 6.07) is 0. The van der Waals surface area contributed by atoms with E-state index in [1.165, 1.54) is 6.92 Å². The van der Waals surface area contributed by atoms with Gasteiger partial charge in [0.15, 0.2) is 0 Å². The molecular formula is C9H8BrF2NO2. The Balaban J connectivity index is 3.47. The highest BCUT2D eigenvalue weighted by molar-refractivity contribution is 9.08. The lowest BCUT2D eigenvalue weighted by molar-refractivity contribution is 0.0694. The molecule has 15 heavy (non-hydrogen) atoms. The summed E-state index contributed by atoms with van der Waals surface area (Å²) in [5, 5.41) is 8.93. The minimum absolute atomic E-state index is 0.0394. The Bertz CT molecular complexity index is 396. The summed E-state index contributed by atoms with van der Waals surface area (Å²) in [5.74, 6) is -1.22. The second kappa shape index (κ2) is 4.65. The van der Waals surface area contributed by atoms with Gasteiger partial charge in [-0.05, 0) is 12.5 Å². The third-order valence-corrected chi connectivity index (χ3v) is 2.52. The van der Waals surface area contributed by atoms with Gasteiger partial charge in [-0.2, -0.15) is 0 Å². The molecule has 1 aromatic rings. The molecule has 3 nitrogen and oxygen atoms in total. The maximum atomic E-state index is 12.5. The highest BCUT2D eigenvalue weighted by atomic mass is 79.9. The van der Waals surface area contributed by atoms with Crippen molar-refractivity contribution >= 4 is 21.9 Å². The van der Waals surface area contributed by atoms with Crippen LogP contribution in [0.1, 0.15) is 33.6 Å². The van der Waals surface area contributed by atoms with Crippen molar-refractivity contribution in [2.24, 2.45) is 0 Å². The topological polar surface area (TPSA) is 50.2 Å². The number of halogens is 3. The molecule has 0 aromatic carbocycles. The normalized spacial score (nSPS) is 10.7. The zero-order chi connectivity index (χ0) is 11.6. The molecule has 1 rings (SSSR count). The quantitative estimate of drug-likeness (QED) is 0.866. The summed E-state index contributed by atoms with van der Waals surface area (Å²) < 4.78 is 25.0. The van der Waals surface area contributed by atoms with Crippen LogP contribution in [0.25, 0.3) is 0 Å². The predicted octanol–water partition coefficient (Wildman–Crippen LogP) is 2.92. The number of hydrogen-bond donors (Lipinski definition) is 1. The maximum Gasteiger partial charge on any atom is 0.336 e. The fourth-order valence-corrected chi connectivity index (χ4v) is 1.86. The van der Waals surface area contributed by atoms with Gasteiger partial charge in [0.25, 0.3) is 6.43 Å². The monoisotopic (exact) mass is 279 g/mol. The fraction of sp³-hybridized carbons (Fsp3) is 0.333.